The van der Waals surface area contributed by atoms with Gasteiger partial charge in [-0.3, -0.25) is 9.52 Å². The number of amidine groups is 1. The van der Waals surface area contributed by atoms with Gasteiger partial charge >= 0.3 is 29.6 Å². The summed E-state index contributed by atoms with van der Waals surface area (Å²) in [4.78, 5) is 13.4. The third-order valence-electron chi connectivity index (χ3n) is 6.02. The van der Waals surface area contributed by atoms with Gasteiger partial charge in [0.15, 0.2) is 11.6 Å². The van der Waals surface area contributed by atoms with Crippen LogP contribution in [0.5, 0.6) is 0 Å². The SMILES string of the molecule is CCCCC1(C)C(=O)C(C2=NS(=O)(=O)c3cc(NS(C)(=O)=O)ccc3N2)=C([O-])c2ccccc21.[Na+]. The van der Waals surface area contributed by atoms with Crippen molar-refractivity contribution in [3.8, 4) is 0 Å². The van der Waals surface area contributed by atoms with Crippen LogP contribution in [0.4, 0.5) is 11.4 Å². The van der Waals surface area contributed by atoms with Gasteiger partial charge in [-0.15, -0.1) is 4.40 Å². The molecule has 2 aliphatic rings. The Labute approximate surface area is 227 Å². The van der Waals surface area contributed by atoms with Crippen molar-refractivity contribution in [3.63, 3.8) is 0 Å². The molecule has 0 aromatic heterocycles. The van der Waals surface area contributed by atoms with Gasteiger partial charge in [0.05, 0.1) is 22.9 Å². The zero-order valence-corrected chi connectivity index (χ0v) is 23.5. The molecular formula is C23H24N3NaO6S2. The van der Waals surface area contributed by atoms with Gasteiger partial charge in [-0.1, -0.05) is 49.8 Å². The number of fused-ring (bicyclic) bond motifs is 2. The summed E-state index contributed by atoms with van der Waals surface area (Å²) in [5, 5.41) is 16.2. The van der Waals surface area contributed by atoms with E-state index in [1.165, 1.54) is 12.1 Å². The van der Waals surface area contributed by atoms with Crippen LogP contribution in [-0.4, -0.2) is 34.7 Å². The molecule has 2 aromatic rings. The molecule has 12 heteroatoms. The first-order valence-electron chi connectivity index (χ1n) is 10.7. The monoisotopic (exact) mass is 525 g/mol. The van der Waals surface area contributed by atoms with E-state index < -0.39 is 37.0 Å². The van der Waals surface area contributed by atoms with E-state index in [1.807, 2.05) is 6.92 Å². The Morgan fingerprint density at radius 2 is 1.86 bits per heavy atom. The molecule has 0 amide bonds. The number of sulfonamides is 2. The first-order valence-corrected chi connectivity index (χ1v) is 14.0. The Bertz CT molecular complexity index is 1480. The molecule has 0 saturated heterocycles. The molecule has 1 unspecified atom stereocenters. The second kappa shape index (κ2) is 9.70. The quantitative estimate of drug-likeness (QED) is 0.478. The van der Waals surface area contributed by atoms with Crippen LogP contribution in [0.15, 0.2) is 57.3 Å². The molecule has 0 saturated carbocycles. The number of benzene rings is 2. The summed E-state index contributed by atoms with van der Waals surface area (Å²) in [5.74, 6) is -1.40. The van der Waals surface area contributed by atoms with E-state index in [4.69, 9.17) is 0 Å². The van der Waals surface area contributed by atoms with Crippen LogP contribution in [0.25, 0.3) is 5.76 Å². The number of hydrogen-bond donors (Lipinski definition) is 2. The van der Waals surface area contributed by atoms with E-state index in [2.05, 4.69) is 14.4 Å². The maximum Gasteiger partial charge on any atom is 1.00 e. The summed E-state index contributed by atoms with van der Waals surface area (Å²) < 4.78 is 55.0. The molecule has 1 aliphatic heterocycles. The van der Waals surface area contributed by atoms with Gasteiger partial charge < -0.3 is 10.4 Å². The van der Waals surface area contributed by atoms with E-state index in [0.29, 0.717) is 17.5 Å². The molecule has 9 nitrogen and oxygen atoms in total. The summed E-state index contributed by atoms with van der Waals surface area (Å²) in [5.41, 5.74) is -0.206. The molecule has 2 N–H and O–H groups in total. The van der Waals surface area contributed by atoms with Crippen molar-refractivity contribution in [2.45, 2.75) is 43.4 Å². The Hall–Kier alpha value is -2.18. The fourth-order valence-corrected chi connectivity index (χ4v) is 6.04. The number of unbranched alkanes of at least 4 members (excludes halogenated alkanes) is 1. The molecule has 4 rings (SSSR count). The number of rotatable bonds is 6. The summed E-state index contributed by atoms with van der Waals surface area (Å²) in [6, 6.07) is 10.7. The number of hydrogen-bond acceptors (Lipinski definition) is 7. The van der Waals surface area contributed by atoms with Crippen molar-refractivity contribution in [1.82, 2.24) is 0 Å². The van der Waals surface area contributed by atoms with Crippen LogP contribution < -0.4 is 44.7 Å². The van der Waals surface area contributed by atoms with Gasteiger partial charge in [0.1, 0.15) is 4.90 Å². The third-order valence-corrected chi connectivity index (χ3v) is 7.94. The molecule has 0 bridgehead atoms. The second-order valence-corrected chi connectivity index (χ2v) is 12.0. The minimum absolute atomic E-state index is 0. The summed E-state index contributed by atoms with van der Waals surface area (Å²) in [6.45, 7) is 3.77. The van der Waals surface area contributed by atoms with Crippen LogP contribution in [-0.2, 0) is 30.3 Å². The minimum atomic E-state index is -4.33. The Morgan fingerprint density at radius 1 is 1.17 bits per heavy atom. The zero-order valence-electron chi connectivity index (χ0n) is 19.9. The minimum Gasteiger partial charge on any atom is -0.871 e. The first-order chi connectivity index (χ1) is 15.9. The second-order valence-electron chi connectivity index (χ2n) is 8.64. The van der Waals surface area contributed by atoms with Gasteiger partial charge in [-0.05, 0) is 42.7 Å². The van der Waals surface area contributed by atoms with Crippen LogP contribution >= 0.6 is 0 Å². The first kappa shape index (κ1) is 27.4. The van der Waals surface area contributed by atoms with Gasteiger partial charge in [-0.25, -0.2) is 8.42 Å². The summed E-state index contributed by atoms with van der Waals surface area (Å²) in [7, 11) is -7.96. The fourth-order valence-electron chi connectivity index (χ4n) is 4.34. The molecule has 0 radical (unpaired) electrons. The van der Waals surface area contributed by atoms with Crippen LogP contribution in [0.2, 0.25) is 0 Å². The summed E-state index contributed by atoms with van der Waals surface area (Å²) in [6.07, 6.45) is 3.03. The van der Waals surface area contributed by atoms with E-state index >= 15 is 0 Å². The van der Waals surface area contributed by atoms with Crippen molar-refractivity contribution < 1.29 is 56.3 Å². The van der Waals surface area contributed by atoms with Crippen LogP contribution in [0.1, 0.15) is 44.2 Å². The van der Waals surface area contributed by atoms with Crippen LogP contribution in [0, 0.1) is 0 Å². The topological polar surface area (TPSA) is 145 Å². The third kappa shape index (κ3) is 5.05. The molecule has 1 aliphatic carbocycles. The molecule has 1 heterocycles. The van der Waals surface area contributed by atoms with Crippen LogP contribution in [0.3, 0.4) is 0 Å². The fraction of sp³-hybridized carbons (Fsp3) is 0.304. The number of ketones is 1. The van der Waals surface area contributed by atoms with Crippen molar-refractivity contribution >= 4 is 48.8 Å². The number of anilines is 2. The number of carbonyl (C=O) groups excluding carboxylic acids is 1. The van der Waals surface area contributed by atoms with Crippen molar-refractivity contribution in [3.05, 3.63) is 59.2 Å². The number of carbonyl (C=O) groups is 1. The van der Waals surface area contributed by atoms with Gasteiger partial charge in [0.25, 0.3) is 10.0 Å². The van der Waals surface area contributed by atoms with E-state index in [1.54, 1.807) is 31.2 Å². The van der Waals surface area contributed by atoms with E-state index in [9.17, 15) is 26.7 Å². The van der Waals surface area contributed by atoms with Gasteiger partial charge in [0, 0.05) is 5.69 Å². The Morgan fingerprint density at radius 3 is 2.51 bits per heavy atom. The average molecular weight is 526 g/mol. The van der Waals surface area contributed by atoms with Gasteiger partial charge in [0.2, 0.25) is 10.0 Å². The smallest absolute Gasteiger partial charge is 0.871 e. The normalized spacial score (nSPS) is 20.7. The number of nitrogens with zero attached hydrogens (tertiary/aromatic N) is 1. The molecule has 180 valence electrons. The summed E-state index contributed by atoms with van der Waals surface area (Å²) >= 11 is 0. The molecule has 2 aromatic carbocycles. The molecule has 0 fully saturated rings. The maximum atomic E-state index is 13.7. The predicted molar refractivity (Wildman–Crippen MR) is 128 cm³/mol. The van der Waals surface area contributed by atoms with Crippen molar-refractivity contribution in [2.24, 2.45) is 4.40 Å². The van der Waals surface area contributed by atoms with E-state index in [0.717, 1.165) is 25.2 Å². The standard InChI is InChI=1S/C23H25N3O6S2.Na/c1-4-5-12-23(2)16-9-7-6-8-15(16)20(27)19(21(23)28)22-24-17-11-10-14(25-33(3,29)30)13-18(17)34(31,32)26-22;/h6-11,13,25,27H,4-5,12H2,1-3H3,(H,24,26);/q;+1/p-1. The number of nitrogens with one attached hydrogen (secondary N) is 2. The average Bonchev–Trinajstić information content (AvgIpc) is 2.76. The van der Waals surface area contributed by atoms with Crippen molar-refractivity contribution in [2.75, 3.05) is 16.3 Å². The van der Waals surface area contributed by atoms with E-state index in [-0.39, 0.29) is 57.2 Å². The molecule has 0 spiro atoms. The maximum absolute atomic E-state index is 13.7. The zero-order chi connectivity index (χ0) is 24.9. The number of Topliss-reactive ketones (excluding diaryl/α,β-unsaturated/α-hetero) is 1. The predicted octanol–water partition coefficient (Wildman–Crippen LogP) is -0.623. The van der Waals surface area contributed by atoms with Gasteiger partial charge in [-0.2, -0.15) is 8.42 Å². The Balaban J connectivity index is 0.00000342. The Kier molecular flexibility index (Phi) is 7.60. The molecule has 1 atom stereocenters. The largest absolute Gasteiger partial charge is 1.00 e. The molecule has 35 heavy (non-hydrogen) atoms. The molecular weight excluding hydrogens is 501 g/mol. The van der Waals surface area contributed by atoms with Crippen molar-refractivity contribution in [1.29, 1.82) is 0 Å².